The molecule has 2 atom stereocenters. The molecule has 0 spiro atoms. The highest BCUT2D eigenvalue weighted by Gasteiger charge is 2.36. The smallest absolute Gasteiger partial charge is 0.0946 e. The Morgan fingerprint density at radius 3 is 3.00 bits per heavy atom. The molecular weight excluding hydrogens is 216 g/mol. The first kappa shape index (κ1) is 12.1. The van der Waals surface area contributed by atoms with E-state index >= 15 is 0 Å². The van der Waals surface area contributed by atoms with E-state index in [-0.39, 0.29) is 5.54 Å². The van der Waals surface area contributed by atoms with Crippen LogP contribution in [-0.4, -0.2) is 10.5 Å². The van der Waals surface area contributed by atoms with Gasteiger partial charge in [0.05, 0.1) is 5.01 Å². The fourth-order valence-corrected chi connectivity index (χ4v) is 3.85. The largest absolute Gasteiger partial charge is 0.324 e. The summed E-state index contributed by atoms with van der Waals surface area (Å²) in [6.45, 7) is 4.33. The molecule has 0 radical (unpaired) electrons. The van der Waals surface area contributed by atoms with Crippen LogP contribution in [0.15, 0.2) is 5.38 Å². The molecule has 0 aliphatic heterocycles. The van der Waals surface area contributed by atoms with Gasteiger partial charge in [-0.1, -0.05) is 26.2 Å². The summed E-state index contributed by atoms with van der Waals surface area (Å²) in [5, 5.41) is 3.35. The molecule has 1 aliphatic carbocycles. The summed E-state index contributed by atoms with van der Waals surface area (Å²) in [5.41, 5.74) is 7.76. The number of aryl methyl sites for hydroxylation is 1. The molecule has 1 heterocycles. The van der Waals surface area contributed by atoms with Crippen LogP contribution in [-0.2, 0) is 6.42 Å². The van der Waals surface area contributed by atoms with Crippen LogP contribution in [0.4, 0.5) is 0 Å². The molecular formula is C13H22N2S. The first-order valence-electron chi connectivity index (χ1n) is 6.34. The van der Waals surface area contributed by atoms with E-state index < -0.39 is 0 Å². The molecule has 0 aromatic carbocycles. The molecule has 16 heavy (non-hydrogen) atoms. The van der Waals surface area contributed by atoms with Crippen molar-refractivity contribution < 1.29 is 0 Å². The van der Waals surface area contributed by atoms with Gasteiger partial charge >= 0.3 is 0 Å². The second kappa shape index (κ2) is 4.84. The normalized spacial score (nSPS) is 30.6. The number of nitrogens with two attached hydrogens (primary N) is 1. The predicted octanol–water partition coefficient (Wildman–Crippen LogP) is 3.29. The molecule has 1 saturated carbocycles. The summed E-state index contributed by atoms with van der Waals surface area (Å²) in [5.74, 6) is 0.686. The maximum Gasteiger partial charge on any atom is 0.0946 e. The zero-order valence-corrected chi connectivity index (χ0v) is 11.1. The van der Waals surface area contributed by atoms with Crippen LogP contribution in [0, 0.1) is 12.8 Å². The number of hydrogen-bond acceptors (Lipinski definition) is 3. The summed E-state index contributed by atoms with van der Waals surface area (Å²) >= 11 is 1.76. The number of thiazole rings is 1. The van der Waals surface area contributed by atoms with Crippen LogP contribution in [0.1, 0.15) is 49.7 Å². The molecule has 2 nitrogen and oxygen atoms in total. The molecule has 1 aromatic heterocycles. The summed E-state index contributed by atoms with van der Waals surface area (Å²) < 4.78 is 0. The summed E-state index contributed by atoms with van der Waals surface area (Å²) in [4.78, 5) is 4.56. The van der Waals surface area contributed by atoms with Crippen LogP contribution < -0.4 is 5.73 Å². The lowest BCUT2D eigenvalue weighted by Gasteiger charge is -2.40. The van der Waals surface area contributed by atoms with Gasteiger partial charge in [-0.05, 0) is 25.7 Å². The third kappa shape index (κ3) is 2.46. The lowest BCUT2D eigenvalue weighted by Crippen LogP contribution is -2.50. The Labute approximate surface area is 102 Å². The van der Waals surface area contributed by atoms with E-state index in [1.807, 2.05) is 0 Å². The van der Waals surface area contributed by atoms with Crippen LogP contribution in [0.5, 0.6) is 0 Å². The Morgan fingerprint density at radius 2 is 2.38 bits per heavy atom. The minimum absolute atomic E-state index is 0.0112. The van der Waals surface area contributed by atoms with E-state index in [0.29, 0.717) is 5.92 Å². The van der Waals surface area contributed by atoms with Crippen LogP contribution in [0.3, 0.4) is 0 Å². The van der Waals surface area contributed by atoms with E-state index in [9.17, 15) is 0 Å². The quantitative estimate of drug-likeness (QED) is 0.877. The first-order valence-corrected chi connectivity index (χ1v) is 7.22. The van der Waals surface area contributed by atoms with Gasteiger partial charge in [-0.15, -0.1) is 11.3 Å². The van der Waals surface area contributed by atoms with Crippen LogP contribution >= 0.6 is 11.3 Å². The van der Waals surface area contributed by atoms with Gasteiger partial charge in [-0.25, -0.2) is 4.98 Å². The molecule has 90 valence electrons. The number of hydrogen-bond donors (Lipinski definition) is 1. The zero-order valence-electron chi connectivity index (χ0n) is 10.3. The highest BCUT2D eigenvalue weighted by molar-refractivity contribution is 7.09. The standard InChI is InChI=1S/C13H22N2S/c1-3-11-6-4-5-7-13(11,14)8-12-15-10(2)9-16-12/h9,11H,3-8,14H2,1-2H3. The molecule has 2 unspecified atom stereocenters. The van der Waals surface area contributed by atoms with Crippen LogP contribution in [0.2, 0.25) is 0 Å². The lowest BCUT2D eigenvalue weighted by molar-refractivity contribution is 0.182. The summed E-state index contributed by atoms with van der Waals surface area (Å²) in [6, 6.07) is 0. The maximum absolute atomic E-state index is 6.62. The number of nitrogens with zero attached hydrogens (tertiary/aromatic N) is 1. The van der Waals surface area contributed by atoms with E-state index in [0.717, 1.165) is 12.1 Å². The summed E-state index contributed by atoms with van der Waals surface area (Å²) in [7, 11) is 0. The molecule has 0 amide bonds. The molecule has 0 saturated heterocycles. The van der Waals surface area contributed by atoms with Gasteiger partial charge < -0.3 is 5.73 Å². The van der Waals surface area contributed by atoms with E-state index in [2.05, 4.69) is 24.2 Å². The van der Waals surface area contributed by atoms with E-state index in [1.54, 1.807) is 11.3 Å². The maximum atomic E-state index is 6.62. The minimum atomic E-state index is 0.0112. The Hall–Kier alpha value is -0.410. The second-order valence-electron chi connectivity index (χ2n) is 5.14. The molecule has 3 heteroatoms. The van der Waals surface area contributed by atoms with Gasteiger partial charge in [0.15, 0.2) is 0 Å². The minimum Gasteiger partial charge on any atom is -0.324 e. The van der Waals surface area contributed by atoms with Crippen molar-refractivity contribution in [2.45, 2.75) is 57.9 Å². The Morgan fingerprint density at radius 1 is 1.56 bits per heavy atom. The van der Waals surface area contributed by atoms with Crippen LogP contribution in [0.25, 0.3) is 0 Å². The van der Waals surface area contributed by atoms with Crippen molar-refractivity contribution in [3.05, 3.63) is 16.1 Å². The van der Waals surface area contributed by atoms with Gasteiger partial charge in [0, 0.05) is 23.0 Å². The highest BCUT2D eigenvalue weighted by atomic mass is 32.1. The van der Waals surface area contributed by atoms with Gasteiger partial charge in [0.2, 0.25) is 0 Å². The van der Waals surface area contributed by atoms with Crippen molar-refractivity contribution in [3.63, 3.8) is 0 Å². The molecule has 1 aliphatic rings. The first-order chi connectivity index (χ1) is 7.64. The van der Waals surface area contributed by atoms with Gasteiger partial charge in [-0.3, -0.25) is 0 Å². The average Bonchev–Trinajstić information content (AvgIpc) is 2.64. The topological polar surface area (TPSA) is 38.9 Å². The fourth-order valence-electron chi connectivity index (χ4n) is 2.95. The highest BCUT2D eigenvalue weighted by Crippen LogP contribution is 2.36. The van der Waals surface area contributed by atoms with Gasteiger partial charge in [-0.2, -0.15) is 0 Å². The lowest BCUT2D eigenvalue weighted by atomic mass is 9.70. The summed E-state index contributed by atoms with van der Waals surface area (Å²) in [6.07, 6.45) is 7.30. The fraction of sp³-hybridized carbons (Fsp3) is 0.769. The monoisotopic (exact) mass is 238 g/mol. The number of rotatable bonds is 3. The molecule has 0 bridgehead atoms. The van der Waals surface area contributed by atoms with Crippen molar-refractivity contribution in [1.82, 2.24) is 4.98 Å². The third-order valence-electron chi connectivity index (χ3n) is 3.90. The van der Waals surface area contributed by atoms with Crippen molar-refractivity contribution in [2.75, 3.05) is 0 Å². The van der Waals surface area contributed by atoms with Crippen molar-refractivity contribution >= 4 is 11.3 Å². The van der Waals surface area contributed by atoms with E-state index in [4.69, 9.17) is 5.73 Å². The molecule has 1 aromatic rings. The van der Waals surface area contributed by atoms with Gasteiger partial charge in [0.1, 0.15) is 0 Å². The molecule has 2 rings (SSSR count). The van der Waals surface area contributed by atoms with Crippen molar-refractivity contribution in [2.24, 2.45) is 11.7 Å². The number of aromatic nitrogens is 1. The average molecular weight is 238 g/mol. The second-order valence-corrected chi connectivity index (χ2v) is 6.09. The Kier molecular flexibility index (Phi) is 3.65. The predicted molar refractivity (Wildman–Crippen MR) is 69.7 cm³/mol. The molecule has 2 N–H and O–H groups in total. The van der Waals surface area contributed by atoms with Crippen molar-refractivity contribution in [1.29, 1.82) is 0 Å². The van der Waals surface area contributed by atoms with Crippen molar-refractivity contribution in [3.8, 4) is 0 Å². The zero-order chi connectivity index (χ0) is 11.6. The van der Waals surface area contributed by atoms with E-state index in [1.165, 1.54) is 37.1 Å². The van der Waals surface area contributed by atoms with Gasteiger partial charge in [0.25, 0.3) is 0 Å². The Bertz CT molecular complexity index is 347. The third-order valence-corrected chi connectivity index (χ3v) is 4.86. The Balaban J connectivity index is 2.10. The molecule has 1 fully saturated rings. The SMILES string of the molecule is CCC1CCCCC1(N)Cc1nc(C)cs1.